The lowest BCUT2D eigenvalue weighted by atomic mass is 10.5. The highest BCUT2D eigenvalue weighted by molar-refractivity contribution is 7.89. The van der Waals surface area contributed by atoms with Gasteiger partial charge in [0, 0.05) is 20.2 Å². The molecule has 0 aliphatic carbocycles. The second-order valence-corrected chi connectivity index (χ2v) is 5.49. The van der Waals surface area contributed by atoms with E-state index in [1.165, 1.54) is 0 Å². The average molecular weight is 268 g/mol. The second kappa shape index (κ2) is 10.9. The van der Waals surface area contributed by atoms with E-state index >= 15 is 0 Å². The van der Waals surface area contributed by atoms with Crippen LogP contribution in [0.3, 0.4) is 0 Å². The summed E-state index contributed by atoms with van der Waals surface area (Å²) < 4.78 is 35.3. The zero-order chi connectivity index (χ0) is 13.0. The lowest BCUT2D eigenvalue weighted by Crippen LogP contribution is -2.34. The van der Waals surface area contributed by atoms with Gasteiger partial charge in [0.15, 0.2) is 0 Å². The maximum atomic E-state index is 11.5. The van der Waals surface area contributed by atoms with Crippen molar-refractivity contribution >= 4 is 10.0 Å². The van der Waals surface area contributed by atoms with Crippen LogP contribution < -0.4 is 10.0 Å². The summed E-state index contributed by atoms with van der Waals surface area (Å²) >= 11 is 0. The smallest absolute Gasteiger partial charge is 0.212 e. The van der Waals surface area contributed by atoms with Gasteiger partial charge < -0.3 is 14.8 Å². The van der Waals surface area contributed by atoms with E-state index < -0.39 is 10.0 Å². The summed E-state index contributed by atoms with van der Waals surface area (Å²) in [4.78, 5) is 0. The Hall–Kier alpha value is -0.210. The van der Waals surface area contributed by atoms with E-state index in [1.54, 1.807) is 7.11 Å². The van der Waals surface area contributed by atoms with Gasteiger partial charge in [-0.15, -0.1) is 0 Å². The van der Waals surface area contributed by atoms with Crippen LogP contribution in [0.4, 0.5) is 0 Å². The van der Waals surface area contributed by atoms with Crippen LogP contribution in [0.5, 0.6) is 0 Å². The van der Waals surface area contributed by atoms with Crippen LogP contribution in [0.15, 0.2) is 0 Å². The molecule has 17 heavy (non-hydrogen) atoms. The van der Waals surface area contributed by atoms with Crippen molar-refractivity contribution in [3.63, 3.8) is 0 Å². The molecule has 0 aromatic heterocycles. The molecule has 0 aromatic carbocycles. The minimum absolute atomic E-state index is 0.102. The third kappa shape index (κ3) is 12.0. The SMILES string of the molecule is CCCNCCS(=O)(=O)NCCOCCOC. The van der Waals surface area contributed by atoms with E-state index in [4.69, 9.17) is 9.47 Å². The predicted molar refractivity (Wildman–Crippen MR) is 67.6 cm³/mol. The molecule has 0 saturated carbocycles. The van der Waals surface area contributed by atoms with E-state index in [9.17, 15) is 8.42 Å². The van der Waals surface area contributed by atoms with Gasteiger partial charge in [0.05, 0.1) is 25.6 Å². The first-order valence-corrected chi connectivity index (χ1v) is 7.52. The predicted octanol–water partition coefficient (Wildman–Crippen LogP) is -0.432. The van der Waals surface area contributed by atoms with Gasteiger partial charge in [-0.1, -0.05) is 6.92 Å². The first-order valence-electron chi connectivity index (χ1n) is 5.87. The fourth-order valence-electron chi connectivity index (χ4n) is 1.09. The number of sulfonamides is 1. The number of nitrogens with one attached hydrogen (secondary N) is 2. The molecule has 6 nitrogen and oxygen atoms in total. The molecule has 0 rings (SSSR count). The summed E-state index contributed by atoms with van der Waals surface area (Å²) in [5, 5.41) is 3.04. The van der Waals surface area contributed by atoms with Crippen molar-refractivity contribution in [2.75, 3.05) is 52.3 Å². The fourth-order valence-corrected chi connectivity index (χ4v) is 2.05. The first kappa shape index (κ1) is 16.8. The van der Waals surface area contributed by atoms with E-state index in [1.807, 2.05) is 6.92 Å². The summed E-state index contributed by atoms with van der Waals surface area (Å²) in [7, 11) is -1.59. The molecule has 0 aliphatic rings. The zero-order valence-electron chi connectivity index (χ0n) is 10.7. The van der Waals surface area contributed by atoms with Crippen LogP contribution in [-0.4, -0.2) is 60.7 Å². The highest BCUT2D eigenvalue weighted by atomic mass is 32.2. The largest absolute Gasteiger partial charge is 0.382 e. The van der Waals surface area contributed by atoms with Crippen LogP contribution in [-0.2, 0) is 19.5 Å². The Balaban J connectivity index is 3.44. The third-order valence-electron chi connectivity index (χ3n) is 1.97. The van der Waals surface area contributed by atoms with Crippen molar-refractivity contribution in [1.82, 2.24) is 10.0 Å². The maximum absolute atomic E-state index is 11.5. The normalized spacial score (nSPS) is 11.9. The molecule has 0 aromatic rings. The minimum Gasteiger partial charge on any atom is -0.382 e. The lowest BCUT2D eigenvalue weighted by Gasteiger charge is -2.07. The number of ether oxygens (including phenoxy) is 2. The molecule has 104 valence electrons. The number of rotatable bonds is 12. The van der Waals surface area contributed by atoms with E-state index in [2.05, 4.69) is 10.0 Å². The van der Waals surface area contributed by atoms with Gasteiger partial charge >= 0.3 is 0 Å². The van der Waals surface area contributed by atoms with Crippen LogP contribution in [0.25, 0.3) is 0 Å². The molecule has 0 atom stereocenters. The molecule has 2 N–H and O–H groups in total. The summed E-state index contributed by atoms with van der Waals surface area (Å²) in [6.07, 6.45) is 1.00. The number of methoxy groups -OCH3 is 1. The molecule has 0 saturated heterocycles. The molecular weight excluding hydrogens is 244 g/mol. The second-order valence-electron chi connectivity index (χ2n) is 3.57. The van der Waals surface area contributed by atoms with Gasteiger partial charge in [-0.2, -0.15) is 0 Å². The molecule has 0 radical (unpaired) electrons. The Labute approximate surface area is 104 Å². The first-order chi connectivity index (χ1) is 8.12. The Kier molecular flexibility index (Phi) is 10.8. The van der Waals surface area contributed by atoms with E-state index in [-0.39, 0.29) is 5.75 Å². The molecule has 0 fully saturated rings. The van der Waals surface area contributed by atoms with E-state index in [0.29, 0.717) is 32.9 Å². The third-order valence-corrected chi connectivity index (χ3v) is 3.36. The summed E-state index contributed by atoms with van der Waals surface area (Å²) in [5.74, 6) is 0.102. The van der Waals surface area contributed by atoms with Gasteiger partial charge in [-0.25, -0.2) is 13.1 Å². The quantitative estimate of drug-likeness (QED) is 0.470. The summed E-state index contributed by atoms with van der Waals surface area (Å²) in [6.45, 7) is 5.04. The zero-order valence-corrected chi connectivity index (χ0v) is 11.5. The molecule has 0 bridgehead atoms. The lowest BCUT2D eigenvalue weighted by molar-refractivity contribution is 0.0736. The molecule has 7 heteroatoms. The number of hydrogen-bond acceptors (Lipinski definition) is 5. The molecule has 0 aliphatic heterocycles. The van der Waals surface area contributed by atoms with Gasteiger partial charge in [-0.05, 0) is 13.0 Å². The summed E-state index contributed by atoms with van der Waals surface area (Å²) in [5.41, 5.74) is 0. The molecule has 0 amide bonds. The maximum Gasteiger partial charge on any atom is 0.212 e. The molecular formula is C10H24N2O4S. The Morgan fingerprint density at radius 3 is 2.47 bits per heavy atom. The van der Waals surface area contributed by atoms with Crippen molar-refractivity contribution in [1.29, 1.82) is 0 Å². The average Bonchev–Trinajstić information content (AvgIpc) is 2.29. The monoisotopic (exact) mass is 268 g/mol. The molecule has 0 heterocycles. The van der Waals surface area contributed by atoms with Crippen LogP contribution in [0, 0.1) is 0 Å². The van der Waals surface area contributed by atoms with Crippen LogP contribution in [0.2, 0.25) is 0 Å². The van der Waals surface area contributed by atoms with Crippen LogP contribution >= 0.6 is 0 Å². The fraction of sp³-hybridized carbons (Fsp3) is 1.00. The van der Waals surface area contributed by atoms with Crippen molar-refractivity contribution in [3.05, 3.63) is 0 Å². The van der Waals surface area contributed by atoms with Gasteiger partial charge in [0.2, 0.25) is 10.0 Å². The highest BCUT2D eigenvalue weighted by Gasteiger charge is 2.08. The Morgan fingerprint density at radius 2 is 1.82 bits per heavy atom. The van der Waals surface area contributed by atoms with E-state index in [0.717, 1.165) is 13.0 Å². The van der Waals surface area contributed by atoms with Gasteiger partial charge in [0.25, 0.3) is 0 Å². The standard InChI is InChI=1S/C10H24N2O4S/c1-3-4-11-6-10-17(13,14)12-5-7-16-9-8-15-2/h11-12H,3-10H2,1-2H3. The number of hydrogen-bond donors (Lipinski definition) is 2. The van der Waals surface area contributed by atoms with Crippen molar-refractivity contribution in [2.24, 2.45) is 0 Å². The summed E-state index contributed by atoms with van der Waals surface area (Å²) in [6, 6.07) is 0. The van der Waals surface area contributed by atoms with Crippen molar-refractivity contribution < 1.29 is 17.9 Å². The van der Waals surface area contributed by atoms with Crippen molar-refractivity contribution in [2.45, 2.75) is 13.3 Å². The van der Waals surface area contributed by atoms with Gasteiger partial charge in [-0.3, -0.25) is 0 Å². The highest BCUT2D eigenvalue weighted by Crippen LogP contribution is 1.83. The molecule has 0 unspecified atom stereocenters. The molecule has 0 spiro atoms. The topological polar surface area (TPSA) is 76.7 Å². The minimum atomic E-state index is -3.18. The Bertz CT molecular complexity index is 257. The van der Waals surface area contributed by atoms with Gasteiger partial charge in [0.1, 0.15) is 0 Å². The van der Waals surface area contributed by atoms with Crippen molar-refractivity contribution in [3.8, 4) is 0 Å². The van der Waals surface area contributed by atoms with Crippen LogP contribution in [0.1, 0.15) is 13.3 Å². The Morgan fingerprint density at radius 1 is 1.06 bits per heavy atom.